The summed E-state index contributed by atoms with van der Waals surface area (Å²) in [6, 6.07) is 18.7. The normalized spacial score (nSPS) is 16.5. The number of para-hydroxylation sites is 2. The fourth-order valence-electron chi connectivity index (χ4n) is 4.11. The van der Waals surface area contributed by atoms with Gasteiger partial charge in [-0.25, -0.2) is 4.68 Å². The van der Waals surface area contributed by atoms with Crippen LogP contribution in [0.5, 0.6) is 5.75 Å². The number of hydrogen-bond donors (Lipinski definition) is 0. The van der Waals surface area contributed by atoms with Gasteiger partial charge in [0, 0.05) is 37.4 Å². The van der Waals surface area contributed by atoms with Crippen LogP contribution in [0.25, 0.3) is 0 Å². The minimum absolute atomic E-state index is 0.0756. The minimum Gasteiger partial charge on any atom is -0.496 e. The molecule has 7 heteroatoms. The molecule has 2 aromatic carbocycles. The molecule has 0 unspecified atom stereocenters. The molecule has 0 amide bonds. The van der Waals surface area contributed by atoms with Gasteiger partial charge in [0.15, 0.2) is 5.82 Å². The molecule has 30 heavy (non-hydrogen) atoms. The zero-order valence-electron chi connectivity index (χ0n) is 18.2. The Balaban J connectivity index is 1.68. The van der Waals surface area contributed by atoms with Crippen LogP contribution >= 0.6 is 0 Å². The number of piperazine rings is 1. The van der Waals surface area contributed by atoms with Crippen molar-refractivity contribution in [3.63, 3.8) is 0 Å². The Kier molecular flexibility index (Phi) is 5.72. The van der Waals surface area contributed by atoms with Gasteiger partial charge in [-0.05, 0) is 49.4 Å². The first-order chi connectivity index (χ1) is 14.5. The first-order valence-corrected chi connectivity index (χ1v) is 10.4. The molecule has 0 N–H and O–H groups in total. The third-order valence-electron chi connectivity index (χ3n) is 5.61. The predicted molar refractivity (Wildman–Crippen MR) is 118 cm³/mol. The summed E-state index contributed by atoms with van der Waals surface area (Å²) in [6.45, 7) is 10.1. The van der Waals surface area contributed by atoms with Crippen molar-refractivity contribution in [3.8, 4) is 5.75 Å². The van der Waals surface area contributed by atoms with Gasteiger partial charge >= 0.3 is 0 Å². The quantitative estimate of drug-likeness (QED) is 0.648. The molecule has 0 saturated carbocycles. The lowest BCUT2D eigenvalue weighted by Gasteiger charge is -2.40. The monoisotopic (exact) mass is 406 g/mol. The second kappa shape index (κ2) is 8.44. The van der Waals surface area contributed by atoms with Crippen LogP contribution in [0, 0.1) is 0 Å². The number of ether oxygens (including phenoxy) is 1. The summed E-state index contributed by atoms with van der Waals surface area (Å²) < 4.78 is 7.65. The molecule has 0 radical (unpaired) electrons. The van der Waals surface area contributed by atoms with E-state index in [2.05, 4.69) is 88.6 Å². The van der Waals surface area contributed by atoms with E-state index in [1.165, 1.54) is 5.69 Å². The summed E-state index contributed by atoms with van der Waals surface area (Å²) in [4.78, 5) is 4.90. The molecule has 7 nitrogen and oxygen atoms in total. The SMILES string of the molecule is COc1ccccc1[C@@H](c1nnnn1C(C)(C)C)N1CCN(c2ccccc2)CC1. The smallest absolute Gasteiger partial charge is 0.173 e. The maximum atomic E-state index is 5.72. The summed E-state index contributed by atoms with van der Waals surface area (Å²) in [5.41, 5.74) is 2.14. The molecule has 4 rings (SSSR count). The Morgan fingerprint density at radius 2 is 1.57 bits per heavy atom. The number of benzene rings is 2. The average molecular weight is 407 g/mol. The molecular formula is C23H30N6O. The van der Waals surface area contributed by atoms with Crippen LogP contribution in [0.2, 0.25) is 0 Å². The zero-order chi connectivity index (χ0) is 21.1. The van der Waals surface area contributed by atoms with Crippen molar-refractivity contribution >= 4 is 5.69 Å². The lowest BCUT2D eigenvalue weighted by Crippen LogP contribution is -2.48. The summed E-state index contributed by atoms with van der Waals surface area (Å²) >= 11 is 0. The van der Waals surface area contributed by atoms with Gasteiger partial charge in [0.1, 0.15) is 11.8 Å². The van der Waals surface area contributed by atoms with Crippen LogP contribution in [-0.2, 0) is 5.54 Å². The van der Waals surface area contributed by atoms with Crippen LogP contribution in [0.4, 0.5) is 5.69 Å². The van der Waals surface area contributed by atoms with E-state index in [1.54, 1.807) is 7.11 Å². The topological polar surface area (TPSA) is 59.3 Å². The van der Waals surface area contributed by atoms with Crippen molar-refractivity contribution < 1.29 is 4.74 Å². The highest BCUT2D eigenvalue weighted by Crippen LogP contribution is 2.35. The molecule has 1 aliphatic rings. The van der Waals surface area contributed by atoms with E-state index in [1.807, 2.05) is 16.8 Å². The largest absolute Gasteiger partial charge is 0.496 e. The highest BCUT2D eigenvalue weighted by atomic mass is 16.5. The number of rotatable bonds is 5. The number of methoxy groups -OCH3 is 1. The number of tetrazole rings is 1. The molecule has 0 spiro atoms. The Bertz CT molecular complexity index is 957. The van der Waals surface area contributed by atoms with E-state index >= 15 is 0 Å². The van der Waals surface area contributed by atoms with E-state index < -0.39 is 0 Å². The minimum atomic E-state index is -0.217. The van der Waals surface area contributed by atoms with E-state index in [0.717, 1.165) is 43.3 Å². The van der Waals surface area contributed by atoms with Crippen molar-refractivity contribution in [2.24, 2.45) is 0 Å². The van der Waals surface area contributed by atoms with Crippen molar-refractivity contribution in [2.45, 2.75) is 32.4 Å². The van der Waals surface area contributed by atoms with Gasteiger partial charge in [-0.15, -0.1) is 5.10 Å². The molecular weight excluding hydrogens is 376 g/mol. The van der Waals surface area contributed by atoms with Gasteiger partial charge in [0.05, 0.1) is 12.6 Å². The fraction of sp³-hybridized carbons (Fsp3) is 0.435. The second-order valence-electron chi connectivity index (χ2n) is 8.62. The second-order valence-corrected chi connectivity index (χ2v) is 8.62. The third kappa shape index (κ3) is 4.03. The van der Waals surface area contributed by atoms with E-state index in [9.17, 15) is 0 Å². The molecule has 158 valence electrons. The van der Waals surface area contributed by atoms with Gasteiger partial charge < -0.3 is 9.64 Å². The van der Waals surface area contributed by atoms with Gasteiger partial charge in [-0.2, -0.15) is 0 Å². The van der Waals surface area contributed by atoms with Gasteiger partial charge in [-0.3, -0.25) is 4.90 Å². The Morgan fingerprint density at radius 3 is 2.23 bits per heavy atom. The highest BCUT2D eigenvalue weighted by Gasteiger charge is 2.34. The van der Waals surface area contributed by atoms with Crippen LogP contribution in [-0.4, -0.2) is 58.4 Å². The molecule has 1 fully saturated rings. The molecule has 1 aliphatic heterocycles. The Hall–Kier alpha value is -2.93. The molecule has 3 aromatic rings. The number of nitrogens with zero attached hydrogens (tertiary/aromatic N) is 6. The number of aromatic nitrogens is 4. The van der Waals surface area contributed by atoms with Crippen molar-refractivity contribution in [3.05, 3.63) is 66.0 Å². The van der Waals surface area contributed by atoms with E-state index in [0.29, 0.717) is 0 Å². The van der Waals surface area contributed by atoms with Crippen LogP contribution in [0.1, 0.15) is 38.2 Å². The van der Waals surface area contributed by atoms with Crippen molar-refractivity contribution in [1.29, 1.82) is 0 Å². The first kappa shape index (κ1) is 20.3. The zero-order valence-corrected chi connectivity index (χ0v) is 18.2. The standard InChI is InChI=1S/C23H30N6O/c1-23(2,3)29-22(24-25-26-29)21(19-12-8-9-13-20(19)30-4)28-16-14-27(15-17-28)18-10-6-5-7-11-18/h5-13,21H,14-17H2,1-4H3/t21-/m0/s1. The predicted octanol–water partition coefficient (Wildman–Crippen LogP) is 3.35. The molecule has 0 bridgehead atoms. The number of anilines is 1. The van der Waals surface area contributed by atoms with Crippen LogP contribution in [0.3, 0.4) is 0 Å². The number of hydrogen-bond acceptors (Lipinski definition) is 6. The molecule has 1 atom stereocenters. The fourth-order valence-corrected chi connectivity index (χ4v) is 4.11. The summed E-state index contributed by atoms with van der Waals surface area (Å²) in [5.74, 6) is 1.71. The lowest BCUT2D eigenvalue weighted by atomic mass is 10.0. The maximum Gasteiger partial charge on any atom is 0.173 e. The van der Waals surface area contributed by atoms with Crippen molar-refractivity contribution in [2.75, 3.05) is 38.2 Å². The molecule has 2 heterocycles. The lowest BCUT2D eigenvalue weighted by molar-refractivity contribution is 0.188. The van der Waals surface area contributed by atoms with Crippen LogP contribution < -0.4 is 9.64 Å². The van der Waals surface area contributed by atoms with Gasteiger partial charge in [-0.1, -0.05) is 36.4 Å². The van der Waals surface area contributed by atoms with E-state index in [-0.39, 0.29) is 11.6 Å². The average Bonchev–Trinajstić information content (AvgIpc) is 3.25. The summed E-state index contributed by atoms with van der Waals surface area (Å²) in [6.07, 6.45) is 0. The molecule has 1 aromatic heterocycles. The maximum absolute atomic E-state index is 5.72. The summed E-state index contributed by atoms with van der Waals surface area (Å²) in [5, 5.41) is 12.8. The Morgan fingerprint density at radius 1 is 0.900 bits per heavy atom. The third-order valence-corrected chi connectivity index (χ3v) is 5.61. The van der Waals surface area contributed by atoms with Crippen molar-refractivity contribution in [1.82, 2.24) is 25.1 Å². The van der Waals surface area contributed by atoms with E-state index in [4.69, 9.17) is 4.74 Å². The van der Waals surface area contributed by atoms with Crippen LogP contribution in [0.15, 0.2) is 54.6 Å². The molecule has 1 saturated heterocycles. The first-order valence-electron chi connectivity index (χ1n) is 10.4. The molecule has 0 aliphatic carbocycles. The van der Waals surface area contributed by atoms with Gasteiger partial charge in [0.25, 0.3) is 0 Å². The Labute approximate surface area is 178 Å². The summed E-state index contributed by atoms with van der Waals surface area (Å²) in [7, 11) is 1.72. The highest BCUT2D eigenvalue weighted by molar-refractivity contribution is 5.46. The van der Waals surface area contributed by atoms with Gasteiger partial charge in [0.2, 0.25) is 0 Å².